The van der Waals surface area contributed by atoms with Crippen molar-refractivity contribution in [2.45, 2.75) is 26.3 Å². The van der Waals surface area contributed by atoms with Crippen molar-refractivity contribution < 1.29 is 9.90 Å². The molecule has 0 saturated carbocycles. The number of nitrogens with one attached hydrogen (secondary N) is 1. The molecule has 72 valence electrons. The summed E-state index contributed by atoms with van der Waals surface area (Å²) in [6.45, 7) is 4.36. The van der Waals surface area contributed by atoms with E-state index in [4.69, 9.17) is 10.8 Å². The van der Waals surface area contributed by atoms with Gasteiger partial charge in [-0.1, -0.05) is 6.92 Å². The number of amides is 1. The molecule has 0 heterocycles. The Hall–Kier alpha value is -0.610. The van der Waals surface area contributed by atoms with Crippen molar-refractivity contribution >= 4 is 5.91 Å². The standard InChI is InChI=1S/C8H18N2O2/c1-6(3-4-11)5-10-8(12)7(2)9/h6-7,11H,3-5,9H2,1-2H3,(H,10,12)/t6?,7-/m1/s1. The van der Waals surface area contributed by atoms with Gasteiger partial charge >= 0.3 is 0 Å². The number of aliphatic hydroxyl groups excluding tert-OH is 1. The lowest BCUT2D eigenvalue weighted by Crippen LogP contribution is -2.40. The van der Waals surface area contributed by atoms with E-state index in [1.807, 2.05) is 6.92 Å². The quantitative estimate of drug-likeness (QED) is 0.524. The van der Waals surface area contributed by atoms with Crippen molar-refractivity contribution in [1.29, 1.82) is 0 Å². The van der Waals surface area contributed by atoms with Crippen molar-refractivity contribution in [3.63, 3.8) is 0 Å². The highest BCUT2D eigenvalue weighted by atomic mass is 16.3. The molecule has 4 N–H and O–H groups in total. The molecule has 0 spiro atoms. The molecule has 0 aromatic carbocycles. The molecule has 0 aromatic rings. The van der Waals surface area contributed by atoms with Crippen LogP contribution in [-0.4, -0.2) is 30.2 Å². The molecular formula is C8H18N2O2. The van der Waals surface area contributed by atoms with E-state index in [2.05, 4.69) is 5.32 Å². The van der Waals surface area contributed by atoms with Crippen LogP contribution in [0.25, 0.3) is 0 Å². The lowest BCUT2D eigenvalue weighted by Gasteiger charge is -2.12. The summed E-state index contributed by atoms with van der Waals surface area (Å²) in [6, 6.07) is -0.452. The van der Waals surface area contributed by atoms with Gasteiger partial charge in [-0.2, -0.15) is 0 Å². The number of hydrogen-bond acceptors (Lipinski definition) is 3. The number of carbonyl (C=O) groups excluding carboxylic acids is 1. The predicted octanol–water partition coefficient (Wildman–Crippen LogP) is -0.532. The van der Waals surface area contributed by atoms with Crippen molar-refractivity contribution in [2.75, 3.05) is 13.2 Å². The van der Waals surface area contributed by atoms with Gasteiger partial charge in [0.2, 0.25) is 5.91 Å². The van der Waals surface area contributed by atoms with E-state index in [-0.39, 0.29) is 12.5 Å². The lowest BCUT2D eigenvalue weighted by molar-refractivity contribution is -0.122. The smallest absolute Gasteiger partial charge is 0.236 e. The summed E-state index contributed by atoms with van der Waals surface area (Å²) < 4.78 is 0. The normalized spacial score (nSPS) is 15.3. The zero-order valence-corrected chi connectivity index (χ0v) is 7.71. The summed E-state index contributed by atoms with van der Waals surface area (Å²) in [7, 11) is 0. The van der Waals surface area contributed by atoms with Crippen molar-refractivity contribution in [1.82, 2.24) is 5.32 Å². The van der Waals surface area contributed by atoms with Crippen LogP contribution < -0.4 is 11.1 Å². The molecule has 4 nitrogen and oxygen atoms in total. The van der Waals surface area contributed by atoms with E-state index in [1.54, 1.807) is 6.92 Å². The number of hydrogen-bond donors (Lipinski definition) is 3. The first kappa shape index (κ1) is 11.4. The number of carbonyl (C=O) groups is 1. The zero-order valence-electron chi connectivity index (χ0n) is 7.71. The Bertz CT molecular complexity index is 137. The van der Waals surface area contributed by atoms with Gasteiger partial charge in [-0.05, 0) is 19.3 Å². The predicted molar refractivity (Wildman–Crippen MR) is 47.5 cm³/mol. The molecule has 0 saturated heterocycles. The molecule has 0 fully saturated rings. The Labute approximate surface area is 73.1 Å². The fraction of sp³-hybridized carbons (Fsp3) is 0.875. The van der Waals surface area contributed by atoms with Crippen LogP contribution in [0.4, 0.5) is 0 Å². The van der Waals surface area contributed by atoms with Crippen LogP contribution in [0.2, 0.25) is 0 Å². The maximum absolute atomic E-state index is 11.0. The second-order valence-electron chi connectivity index (χ2n) is 3.15. The third-order valence-electron chi connectivity index (χ3n) is 1.66. The van der Waals surface area contributed by atoms with E-state index < -0.39 is 6.04 Å². The van der Waals surface area contributed by atoms with Gasteiger partial charge in [0.05, 0.1) is 6.04 Å². The van der Waals surface area contributed by atoms with Gasteiger partial charge in [-0.15, -0.1) is 0 Å². The zero-order chi connectivity index (χ0) is 9.56. The minimum absolute atomic E-state index is 0.139. The minimum Gasteiger partial charge on any atom is -0.396 e. The maximum Gasteiger partial charge on any atom is 0.236 e. The Morgan fingerprint density at radius 1 is 1.58 bits per heavy atom. The third kappa shape index (κ3) is 5.09. The summed E-state index contributed by atoms with van der Waals surface area (Å²) in [5, 5.41) is 11.3. The number of nitrogens with two attached hydrogens (primary N) is 1. The van der Waals surface area contributed by atoms with E-state index in [0.29, 0.717) is 18.9 Å². The summed E-state index contributed by atoms with van der Waals surface area (Å²) in [4.78, 5) is 11.0. The molecule has 0 rings (SSSR count). The average molecular weight is 174 g/mol. The topological polar surface area (TPSA) is 75.3 Å². The fourth-order valence-electron chi connectivity index (χ4n) is 0.758. The monoisotopic (exact) mass is 174 g/mol. The first-order valence-electron chi connectivity index (χ1n) is 4.22. The Morgan fingerprint density at radius 2 is 2.17 bits per heavy atom. The molecule has 4 heteroatoms. The number of rotatable bonds is 5. The minimum atomic E-state index is -0.452. The maximum atomic E-state index is 11.0. The van der Waals surface area contributed by atoms with Gasteiger partial charge in [-0.3, -0.25) is 4.79 Å². The van der Waals surface area contributed by atoms with Crippen molar-refractivity contribution in [3.05, 3.63) is 0 Å². The van der Waals surface area contributed by atoms with Gasteiger partial charge in [0.15, 0.2) is 0 Å². The third-order valence-corrected chi connectivity index (χ3v) is 1.66. The van der Waals surface area contributed by atoms with E-state index in [0.717, 1.165) is 0 Å². The van der Waals surface area contributed by atoms with Gasteiger partial charge in [-0.25, -0.2) is 0 Å². The molecule has 1 unspecified atom stereocenters. The van der Waals surface area contributed by atoms with Gasteiger partial charge in [0.1, 0.15) is 0 Å². The molecule has 0 bridgehead atoms. The SMILES string of the molecule is CC(CCO)CNC(=O)[C@@H](C)N. The highest BCUT2D eigenvalue weighted by Gasteiger charge is 2.08. The van der Waals surface area contributed by atoms with Crippen molar-refractivity contribution in [3.8, 4) is 0 Å². The van der Waals surface area contributed by atoms with Crippen LogP contribution in [0.1, 0.15) is 20.3 Å². The summed E-state index contributed by atoms with van der Waals surface area (Å²) >= 11 is 0. The largest absolute Gasteiger partial charge is 0.396 e. The fourth-order valence-corrected chi connectivity index (χ4v) is 0.758. The van der Waals surface area contributed by atoms with Crippen LogP contribution in [0, 0.1) is 5.92 Å². The van der Waals surface area contributed by atoms with Gasteiger partial charge < -0.3 is 16.2 Å². The Balaban J connectivity index is 3.47. The first-order chi connectivity index (χ1) is 5.57. The highest BCUT2D eigenvalue weighted by Crippen LogP contribution is 1.97. The summed E-state index contributed by atoms with van der Waals surface area (Å²) in [5.74, 6) is 0.164. The average Bonchev–Trinajstić information content (AvgIpc) is 2.00. The van der Waals surface area contributed by atoms with E-state index in [9.17, 15) is 4.79 Å². The van der Waals surface area contributed by atoms with Gasteiger partial charge in [0.25, 0.3) is 0 Å². The van der Waals surface area contributed by atoms with Crippen LogP contribution in [-0.2, 0) is 4.79 Å². The second-order valence-corrected chi connectivity index (χ2v) is 3.15. The molecule has 0 radical (unpaired) electrons. The Morgan fingerprint density at radius 3 is 2.58 bits per heavy atom. The summed E-state index contributed by atoms with van der Waals surface area (Å²) in [6.07, 6.45) is 0.708. The Kier molecular flexibility index (Phi) is 5.66. The second kappa shape index (κ2) is 5.97. The molecule has 0 aliphatic carbocycles. The van der Waals surface area contributed by atoms with Crippen LogP contribution in [0.5, 0.6) is 0 Å². The van der Waals surface area contributed by atoms with Crippen LogP contribution >= 0.6 is 0 Å². The molecule has 1 amide bonds. The summed E-state index contributed by atoms with van der Waals surface area (Å²) in [5.41, 5.74) is 5.33. The number of aliphatic hydroxyl groups is 1. The van der Waals surface area contributed by atoms with E-state index in [1.165, 1.54) is 0 Å². The molecule has 0 aliphatic rings. The van der Waals surface area contributed by atoms with Gasteiger partial charge in [0, 0.05) is 13.2 Å². The molecule has 12 heavy (non-hydrogen) atoms. The lowest BCUT2D eigenvalue weighted by atomic mass is 10.1. The first-order valence-corrected chi connectivity index (χ1v) is 4.22. The molecule has 0 aromatic heterocycles. The van der Waals surface area contributed by atoms with E-state index >= 15 is 0 Å². The van der Waals surface area contributed by atoms with Crippen molar-refractivity contribution in [2.24, 2.45) is 11.7 Å². The highest BCUT2D eigenvalue weighted by molar-refractivity contribution is 5.80. The molecular weight excluding hydrogens is 156 g/mol. The van der Waals surface area contributed by atoms with Crippen LogP contribution in [0.3, 0.4) is 0 Å². The molecule has 0 aliphatic heterocycles. The van der Waals surface area contributed by atoms with Crippen LogP contribution in [0.15, 0.2) is 0 Å². The molecule has 2 atom stereocenters.